The fourth-order valence-corrected chi connectivity index (χ4v) is 6.37. The van der Waals surface area contributed by atoms with Crippen molar-refractivity contribution in [3.63, 3.8) is 0 Å². The van der Waals surface area contributed by atoms with Crippen LogP contribution in [0.25, 0.3) is 11.1 Å². The maximum Gasteiger partial charge on any atom is 0.339 e. The smallest absolute Gasteiger partial charge is 0.339 e. The van der Waals surface area contributed by atoms with Gasteiger partial charge in [0.2, 0.25) is 0 Å². The predicted octanol–water partition coefficient (Wildman–Crippen LogP) is 6.09. The van der Waals surface area contributed by atoms with Gasteiger partial charge < -0.3 is 23.8 Å². The molecular weight excluding hydrogens is 514 g/mol. The summed E-state index contributed by atoms with van der Waals surface area (Å²) in [7, 11) is 3.22. The summed E-state index contributed by atoms with van der Waals surface area (Å²) < 4.78 is 23.6. The first kappa shape index (κ1) is 27.2. The maximum atomic E-state index is 13.5. The highest BCUT2D eigenvalue weighted by atomic mass is 32.2. The van der Waals surface area contributed by atoms with Crippen LogP contribution in [0.5, 0.6) is 5.75 Å². The predicted molar refractivity (Wildman–Crippen MR) is 151 cm³/mol. The molecule has 39 heavy (non-hydrogen) atoms. The third-order valence-electron chi connectivity index (χ3n) is 7.39. The molecule has 0 saturated carbocycles. The molecule has 3 aromatic rings. The van der Waals surface area contributed by atoms with Crippen molar-refractivity contribution >= 4 is 23.0 Å². The first-order valence-electron chi connectivity index (χ1n) is 13.0. The highest BCUT2D eigenvalue weighted by Crippen LogP contribution is 2.40. The summed E-state index contributed by atoms with van der Waals surface area (Å²) in [6.45, 7) is 2.78. The molecule has 2 unspecified atom stereocenters. The van der Waals surface area contributed by atoms with E-state index in [0.29, 0.717) is 37.3 Å². The van der Waals surface area contributed by atoms with Crippen LogP contribution in [0.3, 0.4) is 0 Å². The van der Waals surface area contributed by atoms with Gasteiger partial charge in [0.05, 0.1) is 25.3 Å². The van der Waals surface area contributed by atoms with E-state index < -0.39 is 11.9 Å². The molecule has 0 radical (unpaired) electrons. The number of hydrogen-bond acceptors (Lipinski definition) is 7. The van der Waals surface area contributed by atoms with Crippen molar-refractivity contribution in [1.29, 1.82) is 0 Å². The number of amides is 1. The van der Waals surface area contributed by atoms with Gasteiger partial charge in [-0.3, -0.25) is 4.79 Å². The first-order valence-corrected chi connectivity index (χ1v) is 14.0. The number of ether oxygens (including phenoxy) is 4. The van der Waals surface area contributed by atoms with E-state index in [0.717, 1.165) is 28.0 Å². The number of benzene rings is 3. The molecule has 0 bridgehead atoms. The molecule has 5 rings (SSSR count). The normalized spacial score (nSPS) is 23.1. The van der Waals surface area contributed by atoms with Crippen LogP contribution in [0.4, 0.5) is 4.79 Å². The van der Waals surface area contributed by atoms with Crippen LogP contribution in [0, 0.1) is 6.92 Å². The number of methoxy groups -OCH3 is 2. The highest BCUT2D eigenvalue weighted by molar-refractivity contribution is 8.13. The van der Waals surface area contributed by atoms with Crippen LogP contribution in [-0.4, -0.2) is 60.6 Å². The number of carbonyl (C=O) groups excluding carboxylic acids is 2. The average molecular weight is 548 g/mol. The summed E-state index contributed by atoms with van der Waals surface area (Å²) in [5.41, 5.74) is 4.37. The van der Waals surface area contributed by atoms with Crippen molar-refractivity contribution in [3.05, 3.63) is 89.5 Å². The van der Waals surface area contributed by atoms with E-state index in [1.165, 1.54) is 11.8 Å². The lowest BCUT2D eigenvalue weighted by Gasteiger charge is -2.45. The Hall–Kier alpha value is -3.33. The lowest BCUT2D eigenvalue weighted by Crippen LogP contribution is -2.58. The molecule has 8 heteroatoms. The second kappa shape index (κ2) is 11.8. The molecule has 7 nitrogen and oxygen atoms in total. The summed E-state index contributed by atoms with van der Waals surface area (Å²) in [5.74, 6) is -0.169. The van der Waals surface area contributed by atoms with Crippen LogP contribution < -0.4 is 4.74 Å². The standard InChI is InChI=1S/C31H33NO6S/c1-21-9-14-26(27(17-21)23-7-5-4-6-8-23)29(33)38-25-15-16-37-31(18-25,36-3)28-20-39-30(34)32(28)19-22-10-12-24(35-2)13-11-22/h4-14,17,25,28H,15-16,18-20H2,1-3H3/t25?,28-,31?/m0/s1. The van der Waals surface area contributed by atoms with E-state index >= 15 is 0 Å². The Morgan fingerprint density at radius 2 is 1.85 bits per heavy atom. The summed E-state index contributed by atoms with van der Waals surface area (Å²) in [6.07, 6.45) is 0.467. The molecule has 1 amide bonds. The quantitative estimate of drug-likeness (QED) is 0.316. The summed E-state index contributed by atoms with van der Waals surface area (Å²) in [5, 5.41) is -0.0258. The molecule has 2 heterocycles. The number of aryl methyl sites for hydroxylation is 1. The highest BCUT2D eigenvalue weighted by Gasteiger charge is 2.52. The summed E-state index contributed by atoms with van der Waals surface area (Å²) >= 11 is 1.26. The van der Waals surface area contributed by atoms with Gasteiger partial charge in [-0.1, -0.05) is 71.9 Å². The Kier molecular flexibility index (Phi) is 8.26. The summed E-state index contributed by atoms with van der Waals surface area (Å²) in [4.78, 5) is 28.2. The van der Waals surface area contributed by atoms with Gasteiger partial charge in [-0.15, -0.1) is 0 Å². The van der Waals surface area contributed by atoms with Gasteiger partial charge in [0.25, 0.3) is 5.24 Å². The number of carbonyl (C=O) groups is 2. The van der Waals surface area contributed by atoms with Crippen molar-refractivity contribution in [1.82, 2.24) is 4.90 Å². The SMILES string of the molecule is COc1ccc(CN2C(=O)SC[C@H]2C2(OC)CC(OC(=O)c3ccc(C)cc3-c3ccccc3)CCO2)cc1. The van der Waals surface area contributed by atoms with Gasteiger partial charge in [0.15, 0.2) is 5.79 Å². The number of thioether (sulfide) groups is 1. The molecule has 0 N–H and O–H groups in total. The van der Waals surface area contributed by atoms with Crippen LogP contribution >= 0.6 is 11.8 Å². The van der Waals surface area contributed by atoms with Crippen molar-refractivity contribution in [2.45, 2.75) is 44.2 Å². The second-order valence-electron chi connectivity index (χ2n) is 9.87. The molecule has 2 fully saturated rings. The second-order valence-corrected chi connectivity index (χ2v) is 10.8. The molecule has 2 aliphatic heterocycles. The van der Waals surface area contributed by atoms with Crippen LogP contribution in [0.2, 0.25) is 0 Å². The number of esters is 1. The van der Waals surface area contributed by atoms with Gasteiger partial charge in [-0.25, -0.2) is 4.79 Å². The van der Waals surface area contributed by atoms with E-state index in [1.54, 1.807) is 19.1 Å². The van der Waals surface area contributed by atoms with E-state index in [-0.39, 0.29) is 17.3 Å². The molecule has 0 aliphatic carbocycles. The molecule has 2 aliphatic rings. The van der Waals surface area contributed by atoms with Crippen LogP contribution in [-0.2, 0) is 20.8 Å². The van der Waals surface area contributed by atoms with Crippen molar-refractivity contribution in [2.24, 2.45) is 0 Å². The molecule has 3 aromatic carbocycles. The zero-order chi connectivity index (χ0) is 27.4. The third-order valence-corrected chi connectivity index (χ3v) is 8.36. The van der Waals surface area contributed by atoms with E-state index in [4.69, 9.17) is 18.9 Å². The molecule has 0 aromatic heterocycles. The van der Waals surface area contributed by atoms with Gasteiger partial charge in [-0.2, -0.15) is 0 Å². The minimum atomic E-state index is -1.08. The van der Waals surface area contributed by atoms with Crippen LogP contribution in [0.15, 0.2) is 72.8 Å². The molecule has 0 spiro atoms. The zero-order valence-corrected chi connectivity index (χ0v) is 23.2. The van der Waals surface area contributed by atoms with Gasteiger partial charge >= 0.3 is 5.97 Å². The molecule has 3 atom stereocenters. The zero-order valence-electron chi connectivity index (χ0n) is 22.4. The monoisotopic (exact) mass is 547 g/mol. The molecule has 2 saturated heterocycles. The minimum absolute atomic E-state index is 0.0258. The van der Waals surface area contributed by atoms with E-state index in [1.807, 2.05) is 79.7 Å². The van der Waals surface area contributed by atoms with E-state index in [2.05, 4.69) is 0 Å². The van der Waals surface area contributed by atoms with Gasteiger partial charge in [-0.05, 0) is 41.8 Å². The van der Waals surface area contributed by atoms with Crippen LogP contribution in [0.1, 0.15) is 34.3 Å². The average Bonchev–Trinajstić information content (AvgIpc) is 3.34. The number of rotatable bonds is 8. The fraction of sp³-hybridized carbons (Fsp3) is 0.355. The van der Waals surface area contributed by atoms with Crippen molar-refractivity contribution < 1.29 is 28.5 Å². The summed E-state index contributed by atoms with van der Waals surface area (Å²) in [6, 6.07) is 22.9. The van der Waals surface area contributed by atoms with Gasteiger partial charge in [0.1, 0.15) is 11.9 Å². The largest absolute Gasteiger partial charge is 0.497 e. The topological polar surface area (TPSA) is 74.3 Å². The molecule has 204 valence electrons. The lowest BCUT2D eigenvalue weighted by atomic mass is 9.94. The number of hydrogen-bond donors (Lipinski definition) is 0. The minimum Gasteiger partial charge on any atom is -0.497 e. The van der Waals surface area contributed by atoms with Crippen molar-refractivity contribution in [2.75, 3.05) is 26.6 Å². The first-order chi connectivity index (χ1) is 18.9. The maximum absolute atomic E-state index is 13.5. The Morgan fingerprint density at radius 1 is 1.08 bits per heavy atom. The Labute approximate surface area is 233 Å². The lowest BCUT2D eigenvalue weighted by molar-refractivity contribution is -0.280. The number of nitrogens with zero attached hydrogens (tertiary/aromatic N) is 1. The van der Waals surface area contributed by atoms with Crippen molar-refractivity contribution in [3.8, 4) is 16.9 Å². The Balaban J connectivity index is 1.34. The molecular formula is C31H33NO6S. The van der Waals surface area contributed by atoms with Gasteiger partial charge in [0, 0.05) is 32.2 Å². The Morgan fingerprint density at radius 3 is 2.56 bits per heavy atom. The Bertz CT molecular complexity index is 1310. The third kappa shape index (κ3) is 5.83. The van der Waals surface area contributed by atoms with E-state index in [9.17, 15) is 9.59 Å². The fourth-order valence-electron chi connectivity index (χ4n) is 5.28.